The van der Waals surface area contributed by atoms with Crippen LogP contribution in [0.2, 0.25) is 0 Å². The van der Waals surface area contributed by atoms with Crippen LogP contribution in [0.15, 0.2) is 24.3 Å². The molecule has 1 aromatic rings. The Hall–Kier alpha value is -2.28. The third-order valence-corrected chi connectivity index (χ3v) is 7.31. The normalized spacial score (nSPS) is 22.3. The number of urea groups is 1. The molecular formula is C26H40N4O3. The average Bonchev–Trinajstić information content (AvgIpc) is 3.14. The van der Waals surface area contributed by atoms with Gasteiger partial charge in [0.15, 0.2) is 0 Å². The smallest absolute Gasteiger partial charge is 0.324 e. The van der Waals surface area contributed by atoms with E-state index in [0.717, 1.165) is 50.2 Å². The van der Waals surface area contributed by atoms with Crippen LogP contribution < -0.4 is 15.0 Å². The van der Waals surface area contributed by atoms with Crippen molar-refractivity contribution in [2.75, 3.05) is 50.7 Å². The van der Waals surface area contributed by atoms with Crippen LogP contribution in [0.25, 0.3) is 0 Å². The van der Waals surface area contributed by atoms with Crippen LogP contribution in [0.4, 0.5) is 10.5 Å². The quantitative estimate of drug-likeness (QED) is 0.660. The molecule has 1 aromatic carbocycles. The Labute approximate surface area is 198 Å². The van der Waals surface area contributed by atoms with E-state index in [2.05, 4.69) is 17.1 Å². The number of hydrogen-bond acceptors (Lipinski definition) is 4. The van der Waals surface area contributed by atoms with Crippen LogP contribution >= 0.6 is 0 Å². The van der Waals surface area contributed by atoms with E-state index in [0.29, 0.717) is 19.6 Å². The number of carbonyl (C=O) groups excluding carboxylic acids is 2. The zero-order valence-electron chi connectivity index (χ0n) is 20.1. The van der Waals surface area contributed by atoms with Crippen LogP contribution in [-0.2, 0) is 4.79 Å². The highest BCUT2D eigenvalue weighted by atomic mass is 16.5. The van der Waals surface area contributed by atoms with Crippen molar-refractivity contribution in [3.63, 3.8) is 0 Å². The molecule has 2 saturated heterocycles. The molecule has 3 heterocycles. The maximum absolute atomic E-state index is 13.3. The Morgan fingerprint density at radius 2 is 1.76 bits per heavy atom. The summed E-state index contributed by atoms with van der Waals surface area (Å²) in [6.45, 7) is 8.13. The maximum Gasteiger partial charge on any atom is 0.324 e. The van der Waals surface area contributed by atoms with Gasteiger partial charge in [0.2, 0.25) is 5.91 Å². The highest BCUT2D eigenvalue weighted by Gasteiger charge is 2.34. The van der Waals surface area contributed by atoms with Gasteiger partial charge in [-0.2, -0.15) is 0 Å². The number of nitrogens with one attached hydrogen (secondary N) is 1. The molecule has 0 aromatic heterocycles. The lowest BCUT2D eigenvalue weighted by Crippen LogP contribution is -2.52. The molecule has 33 heavy (non-hydrogen) atoms. The first kappa shape index (κ1) is 23.9. The van der Waals surface area contributed by atoms with Gasteiger partial charge in [0, 0.05) is 25.6 Å². The number of piperidine rings is 1. The fraction of sp³-hybridized carbons (Fsp3) is 0.692. The van der Waals surface area contributed by atoms with E-state index < -0.39 is 0 Å². The fourth-order valence-corrected chi connectivity index (χ4v) is 5.21. The molecule has 3 aliphatic rings. The van der Waals surface area contributed by atoms with Crippen molar-refractivity contribution >= 4 is 17.6 Å². The summed E-state index contributed by atoms with van der Waals surface area (Å²) in [4.78, 5) is 32.3. The molecule has 1 atom stereocenters. The molecule has 7 nitrogen and oxygen atoms in total. The summed E-state index contributed by atoms with van der Waals surface area (Å²) in [6, 6.07) is 7.79. The maximum atomic E-state index is 13.3. The van der Waals surface area contributed by atoms with Crippen LogP contribution in [0.5, 0.6) is 5.75 Å². The second-order valence-electron chi connectivity index (χ2n) is 9.67. The number of carbonyl (C=O) groups is 2. The van der Waals surface area contributed by atoms with E-state index in [4.69, 9.17) is 4.74 Å². The van der Waals surface area contributed by atoms with Gasteiger partial charge in [-0.1, -0.05) is 31.9 Å². The zero-order chi connectivity index (χ0) is 23.0. The SMILES string of the molecule is CC[C@H]1CN(C(=O)N2CCC(C(=O)NCCCN3CCCCCC3)CC2)c2ccccc2O1. The molecule has 0 saturated carbocycles. The van der Waals surface area contributed by atoms with Crippen molar-refractivity contribution in [1.29, 1.82) is 0 Å². The number of nitrogens with zero attached hydrogens (tertiary/aromatic N) is 3. The van der Waals surface area contributed by atoms with Crippen LogP contribution in [-0.4, -0.2) is 73.7 Å². The van der Waals surface area contributed by atoms with Crippen molar-refractivity contribution < 1.29 is 14.3 Å². The highest BCUT2D eigenvalue weighted by molar-refractivity contribution is 5.94. The summed E-state index contributed by atoms with van der Waals surface area (Å²) in [5, 5.41) is 3.15. The number of amides is 3. The second-order valence-corrected chi connectivity index (χ2v) is 9.67. The predicted octanol–water partition coefficient (Wildman–Crippen LogP) is 3.88. The number of ether oxygens (including phenoxy) is 1. The molecule has 2 fully saturated rings. The molecular weight excluding hydrogens is 416 g/mol. The largest absolute Gasteiger partial charge is 0.486 e. The lowest BCUT2D eigenvalue weighted by Gasteiger charge is -2.39. The van der Waals surface area contributed by atoms with Crippen LogP contribution in [0.3, 0.4) is 0 Å². The minimum atomic E-state index is 0.00704. The van der Waals surface area contributed by atoms with Gasteiger partial charge in [0.1, 0.15) is 11.9 Å². The first-order valence-corrected chi connectivity index (χ1v) is 13.0. The Balaban J connectivity index is 1.21. The summed E-state index contributed by atoms with van der Waals surface area (Å²) in [6.07, 6.45) is 8.66. The molecule has 1 N–H and O–H groups in total. The first-order valence-electron chi connectivity index (χ1n) is 13.0. The minimum absolute atomic E-state index is 0.00704. The molecule has 4 rings (SSSR count). The lowest BCUT2D eigenvalue weighted by molar-refractivity contribution is -0.126. The Kier molecular flexibility index (Phi) is 8.48. The first-order chi connectivity index (χ1) is 16.2. The molecule has 3 amide bonds. The van der Waals surface area contributed by atoms with Crippen LogP contribution in [0.1, 0.15) is 58.3 Å². The monoisotopic (exact) mass is 456 g/mol. The number of likely N-dealkylation sites (tertiary alicyclic amines) is 2. The molecule has 0 radical (unpaired) electrons. The van der Waals surface area contributed by atoms with Gasteiger partial charge < -0.3 is 19.9 Å². The fourth-order valence-electron chi connectivity index (χ4n) is 5.21. The van der Waals surface area contributed by atoms with E-state index in [1.807, 2.05) is 34.1 Å². The second kappa shape index (κ2) is 11.7. The number of fused-ring (bicyclic) bond motifs is 1. The van der Waals surface area contributed by atoms with Gasteiger partial charge in [0.25, 0.3) is 0 Å². The average molecular weight is 457 g/mol. The summed E-state index contributed by atoms with van der Waals surface area (Å²) in [5.41, 5.74) is 0.844. The van der Waals surface area contributed by atoms with Crippen molar-refractivity contribution in [2.45, 2.75) is 64.4 Å². The Morgan fingerprint density at radius 3 is 2.48 bits per heavy atom. The lowest BCUT2D eigenvalue weighted by atomic mass is 9.96. The third kappa shape index (κ3) is 6.19. The summed E-state index contributed by atoms with van der Waals surface area (Å²) < 4.78 is 6.02. The van der Waals surface area contributed by atoms with E-state index in [1.165, 1.54) is 38.8 Å². The number of para-hydroxylation sites is 2. The van der Waals surface area contributed by atoms with Crippen molar-refractivity contribution in [3.05, 3.63) is 24.3 Å². The molecule has 182 valence electrons. The van der Waals surface area contributed by atoms with Gasteiger partial charge in [-0.3, -0.25) is 9.69 Å². The molecule has 0 unspecified atom stereocenters. The van der Waals surface area contributed by atoms with Crippen LogP contribution in [0, 0.1) is 5.92 Å². The Bertz CT molecular complexity index is 785. The topological polar surface area (TPSA) is 65.1 Å². The van der Waals surface area contributed by atoms with Gasteiger partial charge in [-0.05, 0) is 70.3 Å². The van der Waals surface area contributed by atoms with Gasteiger partial charge >= 0.3 is 6.03 Å². The molecule has 0 spiro atoms. The number of hydrogen-bond donors (Lipinski definition) is 1. The number of rotatable bonds is 6. The molecule has 3 aliphatic heterocycles. The van der Waals surface area contributed by atoms with E-state index >= 15 is 0 Å². The van der Waals surface area contributed by atoms with Crippen molar-refractivity contribution in [3.8, 4) is 5.75 Å². The summed E-state index contributed by atoms with van der Waals surface area (Å²) >= 11 is 0. The van der Waals surface area contributed by atoms with E-state index in [9.17, 15) is 9.59 Å². The molecule has 0 aliphatic carbocycles. The van der Waals surface area contributed by atoms with Gasteiger partial charge in [0.05, 0.1) is 12.2 Å². The van der Waals surface area contributed by atoms with Gasteiger partial charge in [-0.15, -0.1) is 0 Å². The van der Waals surface area contributed by atoms with Crippen molar-refractivity contribution in [2.24, 2.45) is 5.92 Å². The van der Waals surface area contributed by atoms with E-state index in [1.54, 1.807) is 0 Å². The van der Waals surface area contributed by atoms with E-state index in [-0.39, 0.29) is 24.0 Å². The summed E-state index contributed by atoms with van der Waals surface area (Å²) in [5.74, 6) is 0.937. The molecule has 0 bridgehead atoms. The minimum Gasteiger partial charge on any atom is -0.486 e. The zero-order valence-corrected chi connectivity index (χ0v) is 20.1. The highest BCUT2D eigenvalue weighted by Crippen LogP contribution is 2.35. The third-order valence-electron chi connectivity index (χ3n) is 7.31. The standard InChI is InChI=1S/C26H40N4O3/c1-2-22-20-30(23-10-5-6-11-24(23)33-22)26(32)29-18-12-21(13-19-29)25(31)27-14-9-17-28-15-7-3-4-8-16-28/h5-6,10-11,21-22H,2-4,7-9,12-20H2,1H3,(H,27,31)/t22-/m0/s1. The van der Waals surface area contributed by atoms with Gasteiger partial charge in [-0.25, -0.2) is 4.79 Å². The predicted molar refractivity (Wildman–Crippen MR) is 131 cm³/mol. The number of benzene rings is 1. The number of anilines is 1. The Morgan fingerprint density at radius 1 is 1.03 bits per heavy atom. The molecule has 7 heteroatoms. The summed E-state index contributed by atoms with van der Waals surface area (Å²) in [7, 11) is 0. The van der Waals surface area contributed by atoms with Crippen molar-refractivity contribution in [1.82, 2.24) is 15.1 Å².